The molecule has 0 radical (unpaired) electrons. The Morgan fingerprint density at radius 2 is 1.89 bits per heavy atom. The van der Waals surface area contributed by atoms with Gasteiger partial charge in [0.2, 0.25) is 0 Å². The van der Waals surface area contributed by atoms with Crippen molar-refractivity contribution in [3.8, 4) is 11.3 Å². The van der Waals surface area contributed by atoms with Crippen LogP contribution in [0.3, 0.4) is 0 Å². The molecule has 2 heterocycles. The number of fused-ring (bicyclic) bond motifs is 1. The zero-order chi connectivity index (χ0) is 12.7. The molecule has 0 aliphatic carbocycles. The maximum absolute atomic E-state index is 6.43. The third-order valence-electron chi connectivity index (χ3n) is 2.69. The van der Waals surface area contributed by atoms with Gasteiger partial charge >= 0.3 is 0 Å². The van der Waals surface area contributed by atoms with Crippen molar-refractivity contribution >= 4 is 45.2 Å². The first-order chi connectivity index (χ1) is 8.68. The van der Waals surface area contributed by atoms with Gasteiger partial charge in [-0.25, -0.2) is 4.68 Å². The fourth-order valence-corrected chi connectivity index (χ4v) is 3.14. The Bertz CT molecular complexity index is 724. The molecule has 0 N–H and O–H groups in total. The fourth-order valence-electron chi connectivity index (χ4n) is 1.83. The molecule has 90 valence electrons. The van der Waals surface area contributed by atoms with E-state index >= 15 is 0 Å². The second-order valence-corrected chi connectivity index (χ2v) is 5.24. The lowest BCUT2D eigenvalue weighted by Gasteiger charge is -2.03. The summed E-state index contributed by atoms with van der Waals surface area (Å²) in [6, 6.07) is 9.78. The highest BCUT2D eigenvalue weighted by atomic mass is 127. The quantitative estimate of drug-likeness (QED) is 0.618. The van der Waals surface area contributed by atoms with Crippen LogP contribution in [0.5, 0.6) is 0 Å². The maximum Gasteiger partial charge on any atom is 0.182 e. The standard InChI is InChI=1S/C12H8ClIN4/c1-18-12-8(11(14)17-18)9(13)10(15-16-12)7-5-3-2-4-6-7/h2-6H,1H3. The molecule has 0 amide bonds. The first-order valence-electron chi connectivity index (χ1n) is 5.28. The summed E-state index contributed by atoms with van der Waals surface area (Å²) in [6.45, 7) is 0. The summed E-state index contributed by atoms with van der Waals surface area (Å²) in [6.07, 6.45) is 0. The topological polar surface area (TPSA) is 43.6 Å². The summed E-state index contributed by atoms with van der Waals surface area (Å²) >= 11 is 8.59. The molecule has 6 heteroatoms. The minimum Gasteiger partial charge on any atom is -0.248 e. The van der Waals surface area contributed by atoms with E-state index in [1.165, 1.54) is 0 Å². The largest absolute Gasteiger partial charge is 0.248 e. The smallest absolute Gasteiger partial charge is 0.182 e. The molecule has 3 aromatic rings. The monoisotopic (exact) mass is 370 g/mol. The second kappa shape index (κ2) is 4.47. The zero-order valence-electron chi connectivity index (χ0n) is 9.43. The van der Waals surface area contributed by atoms with Crippen molar-refractivity contribution in [1.29, 1.82) is 0 Å². The Morgan fingerprint density at radius 3 is 2.61 bits per heavy atom. The normalized spacial score (nSPS) is 11.1. The van der Waals surface area contributed by atoms with Crippen LogP contribution in [0, 0.1) is 3.70 Å². The van der Waals surface area contributed by atoms with Gasteiger partial charge in [-0.05, 0) is 22.6 Å². The van der Waals surface area contributed by atoms with Gasteiger partial charge < -0.3 is 0 Å². The number of hydrogen-bond donors (Lipinski definition) is 0. The first kappa shape index (κ1) is 11.9. The fraction of sp³-hybridized carbons (Fsp3) is 0.0833. The Labute approximate surface area is 122 Å². The minimum atomic E-state index is 0.601. The lowest BCUT2D eigenvalue weighted by molar-refractivity contribution is 0.770. The van der Waals surface area contributed by atoms with E-state index in [1.807, 2.05) is 37.4 Å². The Balaban J connectivity index is 2.33. The Hall–Kier alpha value is -1.21. The van der Waals surface area contributed by atoms with Crippen molar-refractivity contribution < 1.29 is 0 Å². The molecule has 1 aromatic carbocycles. The summed E-state index contributed by atoms with van der Waals surface area (Å²) < 4.78 is 2.52. The molecule has 3 rings (SSSR count). The molecule has 0 fully saturated rings. The molecule has 0 aliphatic rings. The number of rotatable bonds is 1. The summed E-state index contributed by atoms with van der Waals surface area (Å²) in [5, 5.41) is 14.2. The van der Waals surface area contributed by atoms with Crippen LogP contribution in [0.15, 0.2) is 30.3 Å². The molecular weight excluding hydrogens is 363 g/mol. The molecular formula is C12H8ClIN4. The zero-order valence-corrected chi connectivity index (χ0v) is 12.3. The van der Waals surface area contributed by atoms with Crippen molar-refractivity contribution in [2.24, 2.45) is 7.05 Å². The van der Waals surface area contributed by atoms with E-state index < -0.39 is 0 Å². The number of benzene rings is 1. The van der Waals surface area contributed by atoms with Crippen molar-refractivity contribution in [1.82, 2.24) is 20.0 Å². The van der Waals surface area contributed by atoms with Gasteiger partial charge in [0.05, 0.1) is 10.4 Å². The highest BCUT2D eigenvalue weighted by molar-refractivity contribution is 14.1. The lowest BCUT2D eigenvalue weighted by Crippen LogP contribution is -1.95. The summed E-state index contributed by atoms with van der Waals surface area (Å²) in [5.41, 5.74) is 2.34. The first-order valence-corrected chi connectivity index (χ1v) is 6.74. The van der Waals surface area contributed by atoms with E-state index in [1.54, 1.807) is 4.68 Å². The van der Waals surface area contributed by atoms with Crippen LogP contribution in [-0.4, -0.2) is 20.0 Å². The highest BCUT2D eigenvalue weighted by Gasteiger charge is 2.16. The molecule has 0 atom stereocenters. The molecule has 18 heavy (non-hydrogen) atoms. The molecule has 0 saturated heterocycles. The van der Waals surface area contributed by atoms with E-state index in [9.17, 15) is 0 Å². The number of halogens is 2. The van der Waals surface area contributed by atoms with E-state index in [0.717, 1.165) is 14.7 Å². The summed E-state index contributed by atoms with van der Waals surface area (Å²) in [4.78, 5) is 0. The number of aryl methyl sites for hydroxylation is 1. The number of nitrogens with zero attached hydrogens (tertiary/aromatic N) is 4. The van der Waals surface area contributed by atoms with E-state index in [2.05, 4.69) is 37.9 Å². The van der Waals surface area contributed by atoms with Crippen molar-refractivity contribution in [3.63, 3.8) is 0 Å². The van der Waals surface area contributed by atoms with Crippen molar-refractivity contribution in [3.05, 3.63) is 39.1 Å². The SMILES string of the molecule is Cn1nc(I)c2c(Cl)c(-c3ccccc3)nnc21. The van der Waals surface area contributed by atoms with Gasteiger partial charge in [-0.15, -0.1) is 10.2 Å². The van der Waals surface area contributed by atoms with Crippen molar-refractivity contribution in [2.75, 3.05) is 0 Å². The molecule has 0 aliphatic heterocycles. The van der Waals surface area contributed by atoms with E-state index in [-0.39, 0.29) is 0 Å². The number of hydrogen-bond acceptors (Lipinski definition) is 3. The van der Waals surface area contributed by atoms with Crippen LogP contribution >= 0.6 is 34.2 Å². The lowest BCUT2D eigenvalue weighted by atomic mass is 10.1. The molecule has 0 unspecified atom stereocenters. The summed E-state index contributed by atoms with van der Waals surface area (Å²) in [7, 11) is 1.83. The molecule has 0 spiro atoms. The molecule has 4 nitrogen and oxygen atoms in total. The van der Waals surface area contributed by atoms with Gasteiger partial charge in [-0.3, -0.25) is 0 Å². The van der Waals surface area contributed by atoms with Crippen LogP contribution in [-0.2, 0) is 7.05 Å². The van der Waals surface area contributed by atoms with Crippen LogP contribution < -0.4 is 0 Å². The molecule has 2 aromatic heterocycles. The third-order valence-corrected chi connectivity index (χ3v) is 3.82. The van der Waals surface area contributed by atoms with Crippen LogP contribution in [0.25, 0.3) is 22.3 Å². The predicted molar refractivity (Wildman–Crippen MR) is 79.5 cm³/mol. The highest BCUT2D eigenvalue weighted by Crippen LogP contribution is 2.33. The Kier molecular flexibility index (Phi) is 2.95. The molecule has 0 bridgehead atoms. The van der Waals surface area contributed by atoms with Gasteiger partial charge in [0.15, 0.2) is 5.65 Å². The number of aromatic nitrogens is 4. The van der Waals surface area contributed by atoms with Gasteiger partial charge in [-0.1, -0.05) is 41.9 Å². The van der Waals surface area contributed by atoms with Gasteiger partial charge in [-0.2, -0.15) is 5.10 Å². The molecule has 0 saturated carbocycles. The van der Waals surface area contributed by atoms with Gasteiger partial charge in [0.1, 0.15) is 9.39 Å². The Morgan fingerprint density at radius 1 is 1.17 bits per heavy atom. The third kappa shape index (κ3) is 1.78. The summed E-state index contributed by atoms with van der Waals surface area (Å²) in [5.74, 6) is 0. The second-order valence-electron chi connectivity index (χ2n) is 3.84. The average Bonchev–Trinajstić information content (AvgIpc) is 2.67. The van der Waals surface area contributed by atoms with Gasteiger partial charge in [0, 0.05) is 12.6 Å². The average molecular weight is 371 g/mol. The maximum atomic E-state index is 6.43. The van der Waals surface area contributed by atoms with Crippen molar-refractivity contribution in [2.45, 2.75) is 0 Å². The van der Waals surface area contributed by atoms with E-state index in [0.29, 0.717) is 16.4 Å². The van der Waals surface area contributed by atoms with E-state index in [4.69, 9.17) is 11.6 Å². The van der Waals surface area contributed by atoms with Crippen LogP contribution in [0.2, 0.25) is 5.02 Å². The van der Waals surface area contributed by atoms with Gasteiger partial charge in [0.25, 0.3) is 0 Å². The van der Waals surface area contributed by atoms with Crippen LogP contribution in [0.1, 0.15) is 0 Å². The minimum absolute atomic E-state index is 0.601. The predicted octanol–water partition coefficient (Wildman–Crippen LogP) is 3.29. The van der Waals surface area contributed by atoms with Crippen LogP contribution in [0.4, 0.5) is 0 Å².